The van der Waals surface area contributed by atoms with Crippen molar-refractivity contribution in [3.05, 3.63) is 24.3 Å². The van der Waals surface area contributed by atoms with Gasteiger partial charge in [-0.25, -0.2) is 4.79 Å². The van der Waals surface area contributed by atoms with Crippen molar-refractivity contribution in [2.24, 2.45) is 0 Å². The van der Waals surface area contributed by atoms with E-state index in [4.69, 9.17) is 14.2 Å². The molecular formula is C12H15NO4. The zero-order valence-electron chi connectivity index (χ0n) is 9.64. The first-order chi connectivity index (χ1) is 8.28. The molecule has 0 saturated carbocycles. The van der Waals surface area contributed by atoms with Gasteiger partial charge in [0, 0.05) is 5.69 Å². The Morgan fingerprint density at radius 2 is 2.18 bits per heavy atom. The number of nitrogens with one attached hydrogen (secondary N) is 1. The van der Waals surface area contributed by atoms with E-state index in [1.165, 1.54) is 0 Å². The number of ether oxygens (including phenoxy) is 3. The predicted molar refractivity (Wildman–Crippen MR) is 62.3 cm³/mol. The van der Waals surface area contributed by atoms with E-state index in [9.17, 15) is 4.79 Å². The molecule has 17 heavy (non-hydrogen) atoms. The quantitative estimate of drug-likeness (QED) is 0.796. The topological polar surface area (TPSA) is 60.1 Å². The SMILES string of the molecule is CCOC(=O)Nc1ccc(OCC2CO2)cc1. The van der Waals surface area contributed by atoms with Gasteiger partial charge in [-0.1, -0.05) is 0 Å². The number of carbonyl (C=O) groups excluding carboxylic acids is 1. The highest BCUT2D eigenvalue weighted by Crippen LogP contribution is 2.18. The van der Waals surface area contributed by atoms with Gasteiger partial charge in [0.25, 0.3) is 0 Å². The first-order valence-electron chi connectivity index (χ1n) is 5.56. The van der Waals surface area contributed by atoms with Crippen LogP contribution >= 0.6 is 0 Å². The predicted octanol–water partition coefficient (Wildman–Crippen LogP) is 2.03. The van der Waals surface area contributed by atoms with Gasteiger partial charge in [0.05, 0.1) is 13.2 Å². The second-order valence-corrected chi connectivity index (χ2v) is 3.64. The lowest BCUT2D eigenvalue weighted by Gasteiger charge is -2.07. The molecule has 1 heterocycles. The maximum Gasteiger partial charge on any atom is 0.411 e. The molecule has 2 rings (SSSR count). The maximum atomic E-state index is 11.1. The largest absolute Gasteiger partial charge is 0.491 e. The number of amides is 1. The van der Waals surface area contributed by atoms with Crippen LogP contribution in [0.25, 0.3) is 0 Å². The molecular weight excluding hydrogens is 222 g/mol. The summed E-state index contributed by atoms with van der Waals surface area (Å²) in [5.41, 5.74) is 0.679. The molecule has 0 aliphatic carbocycles. The molecule has 1 fully saturated rings. The number of hydrogen-bond acceptors (Lipinski definition) is 4. The van der Waals surface area contributed by atoms with Crippen molar-refractivity contribution in [1.29, 1.82) is 0 Å². The summed E-state index contributed by atoms with van der Waals surface area (Å²) in [5.74, 6) is 0.759. The van der Waals surface area contributed by atoms with Crippen molar-refractivity contribution in [3.8, 4) is 5.75 Å². The Bertz CT molecular complexity index is 373. The minimum absolute atomic E-state index is 0.243. The number of epoxide rings is 1. The van der Waals surface area contributed by atoms with E-state index in [0.29, 0.717) is 18.9 Å². The number of hydrogen-bond donors (Lipinski definition) is 1. The van der Waals surface area contributed by atoms with Gasteiger partial charge in [0.15, 0.2) is 0 Å². The van der Waals surface area contributed by atoms with Crippen LogP contribution in [0.4, 0.5) is 10.5 Å². The molecule has 0 radical (unpaired) electrons. The standard InChI is InChI=1S/C12H15NO4/c1-2-15-12(14)13-9-3-5-10(6-4-9)16-7-11-8-17-11/h3-6,11H,2,7-8H2,1H3,(H,13,14). The average molecular weight is 237 g/mol. The Morgan fingerprint density at radius 1 is 1.47 bits per heavy atom. The Labute approximate surface area is 99.7 Å². The third-order valence-corrected chi connectivity index (χ3v) is 2.21. The zero-order chi connectivity index (χ0) is 12.1. The van der Waals surface area contributed by atoms with Crippen molar-refractivity contribution >= 4 is 11.8 Å². The van der Waals surface area contributed by atoms with E-state index >= 15 is 0 Å². The highest BCUT2D eigenvalue weighted by Gasteiger charge is 2.22. The zero-order valence-corrected chi connectivity index (χ0v) is 9.64. The Balaban J connectivity index is 1.81. The van der Waals surface area contributed by atoms with E-state index in [2.05, 4.69) is 5.32 Å². The molecule has 1 aliphatic heterocycles. The average Bonchev–Trinajstić information content (AvgIpc) is 3.12. The normalized spacial score (nSPS) is 17.4. The molecule has 1 aliphatic rings. The van der Waals surface area contributed by atoms with Gasteiger partial charge in [0.1, 0.15) is 18.5 Å². The van der Waals surface area contributed by atoms with Crippen molar-refractivity contribution in [3.63, 3.8) is 0 Å². The van der Waals surface area contributed by atoms with Gasteiger partial charge in [-0.2, -0.15) is 0 Å². The number of carbonyl (C=O) groups is 1. The fourth-order valence-electron chi connectivity index (χ4n) is 1.27. The summed E-state index contributed by atoms with van der Waals surface area (Å²) >= 11 is 0. The number of rotatable bonds is 5. The van der Waals surface area contributed by atoms with Crippen LogP contribution in [0.2, 0.25) is 0 Å². The maximum absolute atomic E-state index is 11.1. The van der Waals surface area contributed by atoms with Gasteiger partial charge in [-0.05, 0) is 31.2 Å². The minimum Gasteiger partial charge on any atom is -0.491 e. The highest BCUT2D eigenvalue weighted by molar-refractivity contribution is 5.84. The van der Waals surface area contributed by atoms with Crippen molar-refractivity contribution in [1.82, 2.24) is 0 Å². The van der Waals surface area contributed by atoms with Crippen LogP contribution in [0.1, 0.15) is 6.92 Å². The molecule has 1 aromatic rings. The van der Waals surface area contributed by atoms with Crippen LogP contribution in [0, 0.1) is 0 Å². The summed E-state index contributed by atoms with van der Waals surface area (Å²) in [7, 11) is 0. The van der Waals surface area contributed by atoms with E-state index < -0.39 is 6.09 Å². The molecule has 5 heteroatoms. The van der Waals surface area contributed by atoms with Gasteiger partial charge < -0.3 is 14.2 Å². The fourth-order valence-corrected chi connectivity index (χ4v) is 1.27. The first kappa shape index (κ1) is 11.7. The van der Waals surface area contributed by atoms with Crippen LogP contribution in [0.3, 0.4) is 0 Å². The van der Waals surface area contributed by atoms with Crippen molar-refractivity contribution in [2.75, 3.05) is 25.1 Å². The second-order valence-electron chi connectivity index (χ2n) is 3.64. The van der Waals surface area contributed by atoms with Crippen LogP contribution in [-0.4, -0.2) is 32.0 Å². The molecule has 1 unspecified atom stereocenters. The van der Waals surface area contributed by atoms with Gasteiger partial charge in [-0.15, -0.1) is 0 Å². The minimum atomic E-state index is -0.451. The molecule has 1 N–H and O–H groups in total. The van der Waals surface area contributed by atoms with E-state index in [0.717, 1.165) is 12.4 Å². The summed E-state index contributed by atoms with van der Waals surface area (Å²) in [4.78, 5) is 11.1. The molecule has 0 bridgehead atoms. The smallest absolute Gasteiger partial charge is 0.411 e. The molecule has 5 nitrogen and oxygen atoms in total. The molecule has 1 aromatic carbocycles. The van der Waals surface area contributed by atoms with Gasteiger partial charge in [0.2, 0.25) is 0 Å². The summed E-state index contributed by atoms with van der Waals surface area (Å²) in [5, 5.41) is 2.61. The van der Waals surface area contributed by atoms with Crippen molar-refractivity contribution < 1.29 is 19.0 Å². The Kier molecular flexibility index (Phi) is 3.82. The summed E-state index contributed by atoms with van der Waals surface area (Å²) in [6, 6.07) is 7.12. The van der Waals surface area contributed by atoms with Crippen LogP contribution in [0.5, 0.6) is 5.75 Å². The molecule has 0 aromatic heterocycles. The van der Waals surface area contributed by atoms with Crippen molar-refractivity contribution in [2.45, 2.75) is 13.0 Å². The lowest BCUT2D eigenvalue weighted by molar-refractivity contribution is 0.168. The van der Waals surface area contributed by atoms with Gasteiger partial charge in [-0.3, -0.25) is 5.32 Å². The summed E-state index contributed by atoms with van der Waals surface area (Å²) in [6.07, 6.45) is -0.208. The third kappa shape index (κ3) is 3.96. The van der Waals surface area contributed by atoms with E-state index in [-0.39, 0.29) is 6.10 Å². The lowest BCUT2D eigenvalue weighted by atomic mass is 10.3. The van der Waals surface area contributed by atoms with E-state index in [1.807, 2.05) is 0 Å². The fraction of sp³-hybridized carbons (Fsp3) is 0.417. The second kappa shape index (κ2) is 5.54. The van der Waals surface area contributed by atoms with E-state index in [1.54, 1.807) is 31.2 Å². The van der Waals surface area contributed by atoms with Gasteiger partial charge >= 0.3 is 6.09 Å². The Morgan fingerprint density at radius 3 is 2.76 bits per heavy atom. The Hall–Kier alpha value is -1.75. The molecule has 1 saturated heterocycles. The van der Waals surface area contributed by atoms with Crippen LogP contribution in [-0.2, 0) is 9.47 Å². The lowest BCUT2D eigenvalue weighted by Crippen LogP contribution is -2.13. The summed E-state index contributed by atoms with van der Waals surface area (Å²) in [6.45, 7) is 3.47. The third-order valence-electron chi connectivity index (χ3n) is 2.21. The monoisotopic (exact) mass is 237 g/mol. The van der Waals surface area contributed by atoms with Crippen LogP contribution < -0.4 is 10.1 Å². The molecule has 0 spiro atoms. The van der Waals surface area contributed by atoms with Crippen LogP contribution in [0.15, 0.2) is 24.3 Å². The highest BCUT2D eigenvalue weighted by atomic mass is 16.6. The molecule has 1 amide bonds. The summed E-state index contributed by atoms with van der Waals surface area (Å²) < 4.78 is 15.3. The molecule has 92 valence electrons. The number of anilines is 1. The first-order valence-corrected chi connectivity index (χ1v) is 5.56. The molecule has 1 atom stereocenters. The number of benzene rings is 1.